The molecule has 16 heavy (non-hydrogen) atoms. The average molecular weight is 230 g/mol. The lowest BCUT2D eigenvalue weighted by Crippen LogP contribution is -2.19. The van der Waals surface area contributed by atoms with Crippen LogP contribution in [-0.4, -0.2) is 38.4 Å². The Balaban J connectivity index is 4.55. The zero-order valence-electron chi connectivity index (χ0n) is 9.95. The third-order valence-corrected chi connectivity index (χ3v) is 1.60. The molecule has 0 aromatic rings. The molecule has 0 rings (SSSR count). The molecule has 0 fully saturated rings. The monoisotopic (exact) mass is 230 g/mol. The van der Waals surface area contributed by atoms with Crippen molar-refractivity contribution in [3.63, 3.8) is 0 Å². The van der Waals surface area contributed by atoms with Gasteiger partial charge in [0.25, 0.3) is 0 Å². The number of rotatable bonds is 7. The Kier molecular flexibility index (Phi) is 8.15. The predicted octanol–water partition coefficient (Wildman–Crippen LogP) is 1.08. The number of hydrogen-bond donors (Lipinski definition) is 0. The summed E-state index contributed by atoms with van der Waals surface area (Å²) in [5.74, 6) is -1.36. The third-order valence-electron chi connectivity index (χ3n) is 1.60. The number of esters is 2. The molecule has 0 amide bonds. The molecule has 0 spiro atoms. The second kappa shape index (κ2) is 8.91. The topological polar surface area (TPSA) is 61.8 Å². The zero-order valence-corrected chi connectivity index (χ0v) is 9.95. The molecule has 0 unspecified atom stereocenters. The van der Waals surface area contributed by atoms with Crippen molar-refractivity contribution in [3.8, 4) is 0 Å². The molecule has 0 saturated carbocycles. The van der Waals surface area contributed by atoms with Crippen LogP contribution < -0.4 is 0 Å². The van der Waals surface area contributed by atoms with Gasteiger partial charge in [-0.15, -0.1) is 0 Å². The molecule has 5 nitrogen and oxygen atoms in total. The van der Waals surface area contributed by atoms with Gasteiger partial charge in [0.15, 0.2) is 0 Å². The summed E-state index contributed by atoms with van der Waals surface area (Å²) in [6.07, 6.45) is 1.37. The molecule has 0 aliphatic rings. The Morgan fingerprint density at radius 1 is 0.938 bits per heavy atom. The summed E-state index contributed by atoms with van der Waals surface area (Å²) in [5.41, 5.74) is -0.114. The van der Waals surface area contributed by atoms with Crippen molar-refractivity contribution in [2.45, 2.75) is 20.8 Å². The Hall–Kier alpha value is -1.36. The summed E-state index contributed by atoms with van der Waals surface area (Å²) in [6.45, 7) is 6.28. The highest BCUT2D eigenvalue weighted by Crippen LogP contribution is 2.02. The van der Waals surface area contributed by atoms with Crippen LogP contribution in [0.3, 0.4) is 0 Å². The van der Waals surface area contributed by atoms with Crippen molar-refractivity contribution in [1.82, 2.24) is 0 Å². The molecular formula is C11H18O5. The van der Waals surface area contributed by atoms with Gasteiger partial charge in [0.2, 0.25) is 0 Å². The van der Waals surface area contributed by atoms with E-state index in [0.29, 0.717) is 6.61 Å². The van der Waals surface area contributed by atoms with E-state index in [1.807, 2.05) is 6.92 Å². The second-order valence-electron chi connectivity index (χ2n) is 2.72. The SMILES string of the molecule is CCOCC=C(C(=O)OCC)C(=O)OCC. The number of hydrogen-bond acceptors (Lipinski definition) is 5. The maximum atomic E-state index is 11.4. The summed E-state index contributed by atoms with van der Waals surface area (Å²) in [5, 5.41) is 0. The van der Waals surface area contributed by atoms with Gasteiger partial charge < -0.3 is 14.2 Å². The van der Waals surface area contributed by atoms with E-state index in [9.17, 15) is 9.59 Å². The fourth-order valence-electron chi connectivity index (χ4n) is 0.928. The summed E-state index contributed by atoms with van der Waals surface area (Å²) < 4.78 is 14.5. The van der Waals surface area contributed by atoms with E-state index < -0.39 is 11.9 Å². The van der Waals surface area contributed by atoms with Crippen molar-refractivity contribution in [3.05, 3.63) is 11.6 Å². The van der Waals surface area contributed by atoms with Crippen LogP contribution in [-0.2, 0) is 23.8 Å². The summed E-state index contributed by atoms with van der Waals surface area (Å²) in [4.78, 5) is 22.8. The first-order chi connectivity index (χ1) is 7.67. The minimum absolute atomic E-state index is 0.114. The highest BCUT2D eigenvalue weighted by molar-refractivity contribution is 6.14. The van der Waals surface area contributed by atoms with Gasteiger partial charge in [-0.05, 0) is 26.8 Å². The van der Waals surface area contributed by atoms with Gasteiger partial charge in [0.05, 0.1) is 19.8 Å². The molecule has 0 aliphatic heterocycles. The summed E-state index contributed by atoms with van der Waals surface area (Å²) in [6, 6.07) is 0. The van der Waals surface area contributed by atoms with Crippen LogP contribution in [0.1, 0.15) is 20.8 Å². The van der Waals surface area contributed by atoms with Gasteiger partial charge >= 0.3 is 11.9 Å². The Morgan fingerprint density at radius 2 is 1.44 bits per heavy atom. The first kappa shape index (κ1) is 14.6. The Bertz CT molecular complexity index is 237. The highest BCUT2D eigenvalue weighted by Gasteiger charge is 2.20. The number of ether oxygens (including phenoxy) is 3. The van der Waals surface area contributed by atoms with Gasteiger partial charge in [-0.3, -0.25) is 0 Å². The van der Waals surface area contributed by atoms with Crippen molar-refractivity contribution in [1.29, 1.82) is 0 Å². The molecule has 5 heteroatoms. The quantitative estimate of drug-likeness (QED) is 0.215. The standard InChI is InChI=1S/C11H18O5/c1-4-14-8-7-9(10(12)15-5-2)11(13)16-6-3/h7H,4-6,8H2,1-3H3. The van der Waals surface area contributed by atoms with Crippen LogP contribution in [0.15, 0.2) is 11.6 Å². The summed E-state index contributed by atoms with van der Waals surface area (Å²) in [7, 11) is 0. The molecular weight excluding hydrogens is 212 g/mol. The van der Waals surface area contributed by atoms with Crippen LogP contribution in [0.2, 0.25) is 0 Å². The normalized spacial score (nSPS) is 9.44. The number of carbonyl (C=O) groups is 2. The third kappa shape index (κ3) is 5.50. The van der Waals surface area contributed by atoms with Gasteiger partial charge in [-0.2, -0.15) is 0 Å². The largest absolute Gasteiger partial charge is 0.462 e. The van der Waals surface area contributed by atoms with E-state index in [1.54, 1.807) is 13.8 Å². The van der Waals surface area contributed by atoms with Crippen LogP contribution in [0.4, 0.5) is 0 Å². The van der Waals surface area contributed by atoms with Gasteiger partial charge in [-0.25, -0.2) is 9.59 Å². The van der Waals surface area contributed by atoms with Crippen molar-refractivity contribution >= 4 is 11.9 Å². The molecule has 0 bridgehead atoms. The van der Waals surface area contributed by atoms with E-state index in [1.165, 1.54) is 6.08 Å². The lowest BCUT2D eigenvalue weighted by molar-refractivity contribution is -0.146. The van der Waals surface area contributed by atoms with Crippen molar-refractivity contribution < 1.29 is 23.8 Å². The lowest BCUT2D eigenvalue weighted by atomic mass is 10.2. The van der Waals surface area contributed by atoms with Crippen LogP contribution >= 0.6 is 0 Å². The second-order valence-corrected chi connectivity index (χ2v) is 2.72. The zero-order chi connectivity index (χ0) is 12.4. The first-order valence-electron chi connectivity index (χ1n) is 5.29. The van der Waals surface area contributed by atoms with E-state index in [2.05, 4.69) is 0 Å². The Morgan fingerprint density at radius 3 is 1.81 bits per heavy atom. The highest BCUT2D eigenvalue weighted by atomic mass is 16.6. The van der Waals surface area contributed by atoms with Crippen LogP contribution in [0.25, 0.3) is 0 Å². The molecule has 0 radical (unpaired) electrons. The van der Waals surface area contributed by atoms with E-state index in [4.69, 9.17) is 14.2 Å². The average Bonchev–Trinajstić information content (AvgIpc) is 2.25. The van der Waals surface area contributed by atoms with Crippen LogP contribution in [0, 0.1) is 0 Å². The Labute approximate surface area is 95.4 Å². The van der Waals surface area contributed by atoms with Gasteiger partial charge in [0, 0.05) is 6.61 Å². The first-order valence-corrected chi connectivity index (χ1v) is 5.29. The summed E-state index contributed by atoms with van der Waals surface area (Å²) >= 11 is 0. The minimum Gasteiger partial charge on any atom is -0.462 e. The fraction of sp³-hybridized carbons (Fsp3) is 0.636. The molecule has 0 aromatic carbocycles. The predicted molar refractivity (Wildman–Crippen MR) is 57.8 cm³/mol. The van der Waals surface area contributed by atoms with E-state index in [0.717, 1.165) is 0 Å². The van der Waals surface area contributed by atoms with E-state index >= 15 is 0 Å². The number of carbonyl (C=O) groups excluding carboxylic acids is 2. The van der Waals surface area contributed by atoms with Gasteiger partial charge in [0.1, 0.15) is 5.57 Å². The van der Waals surface area contributed by atoms with E-state index in [-0.39, 0.29) is 25.4 Å². The minimum atomic E-state index is -0.680. The smallest absolute Gasteiger partial charge is 0.345 e. The van der Waals surface area contributed by atoms with Gasteiger partial charge in [-0.1, -0.05) is 0 Å². The lowest BCUT2D eigenvalue weighted by Gasteiger charge is -2.06. The molecule has 0 atom stereocenters. The molecule has 92 valence electrons. The molecule has 0 aromatic heterocycles. The maximum absolute atomic E-state index is 11.4. The van der Waals surface area contributed by atoms with Crippen molar-refractivity contribution in [2.75, 3.05) is 26.4 Å². The molecule has 0 aliphatic carbocycles. The maximum Gasteiger partial charge on any atom is 0.345 e. The molecule has 0 heterocycles. The fourth-order valence-corrected chi connectivity index (χ4v) is 0.928. The molecule has 0 N–H and O–H groups in total. The molecule has 0 saturated heterocycles. The van der Waals surface area contributed by atoms with Crippen molar-refractivity contribution in [2.24, 2.45) is 0 Å². The van der Waals surface area contributed by atoms with Crippen LogP contribution in [0.5, 0.6) is 0 Å².